The molecule has 0 atom stereocenters. The van der Waals surface area contributed by atoms with Crippen molar-refractivity contribution >= 4 is 35.1 Å². The maximum absolute atomic E-state index is 11.9. The van der Waals surface area contributed by atoms with Gasteiger partial charge in [0.25, 0.3) is 5.91 Å². The number of halogens is 1. The molecule has 0 saturated heterocycles. The van der Waals surface area contributed by atoms with Crippen LogP contribution in [0, 0.1) is 0 Å². The Hall–Kier alpha value is -2.86. The number of rotatable bonds is 7. The van der Waals surface area contributed by atoms with E-state index in [-0.39, 0.29) is 18.2 Å². The first-order valence-electron chi connectivity index (χ1n) is 8.01. The Labute approximate surface area is 156 Å². The lowest BCUT2D eigenvalue weighted by Crippen LogP contribution is -2.25. The Morgan fingerprint density at radius 3 is 2.19 bits per heavy atom. The van der Waals surface area contributed by atoms with Gasteiger partial charge in [0.1, 0.15) is 0 Å². The van der Waals surface area contributed by atoms with E-state index in [2.05, 4.69) is 15.4 Å². The monoisotopic (exact) mass is 374 g/mol. The van der Waals surface area contributed by atoms with Crippen molar-refractivity contribution in [2.24, 2.45) is 0 Å². The lowest BCUT2D eigenvalue weighted by atomic mass is 10.2. The summed E-state index contributed by atoms with van der Waals surface area (Å²) in [6.45, 7) is 0.385. The third-order valence-electron chi connectivity index (χ3n) is 3.56. The van der Waals surface area contributed by atoms with Crippen molar-refractivity contribution in [1.82, 2.24) is 5.32 Å². The van der Waals surface area contributed by atoms with Crippen molar-refractivity contribution in [3.8, 4) is 0 Å². The molecule has 26 heavy (non-hydrogen) atoms. The van der Waals surface area contributed by atoms with Gasteiger partial charge < -0.3 is 15.4 Å². The van der Waals surface area contributed by atoms with Crippen molar-refractivity contribution in [1.29, 1.82) is 0 Å². The van der Waals surface area contributed by atoms with Crippen LogP contribution in [-0.2, 0) is 9.53 Å². The minimum absolute atomic E-state index is 0.170. The van der Waals surface area contributed by atoms with Gasteiger partial charge in [-0.1, -0.05) is 11.6 Å². The number of anilines is 1. The topological polar surface area (TPSA) is 84.5 Å². The molecule has 7 heteroatoms. The summed E-state index contributed by atoms with van der Waals surface area (Å²) in [4.78, 5) is 35.2. The number of carbonyl (C=O) groups is 3. The maximum atomic E-state index is 11.9. The van der Waals surface area contributed by atoms with Gasteiger partial charge in [0, 0.05) is 29.2 Å². The fourth-order valence-corrected chi connectivity index (χ4v) is 2.31. The van der Waals surface area contributed by atoms with Crippen LogP contribution in [-0.4, -0.2) is 31.4 Å². The number of amides is 2. The second-order valence-corrected chi connectivity index (χ2v) is 5.92. The van der Waals surface area contributed by atoms with E-state index in [1.54, 1.807) is 48.5 Å². The highest BCUT2D eigenvalue weighted by molar-refractivity contribution is 6.30. The zero-order chi connectivity index (χ0) is 18.9. The Balaban J connectivity index is 1.71. The van der Waals surface area contributed by atoms with Gasteiger partial charge in [0.05, 0.1) is 12.7 Å². The van der Waals surface area contributed by atoms with Crippen LogP contribution < -0.4 is 10.6 Å². The van der Waals surface area contributed by atoms with Crippen molar-refractivity contribution in [3.63, 3.8) is 0 Å². The summed E-state index contributed by atoms with van der Waals surface area (Å²) in [5, 5.41) is 6.05. The Bertz CT molecular complexity index is 773. The smallest absolute Gasteiger partial charge is 0.337 e. The summed E-state index contributed by atoms with van der Waals surface area (Å²) in [6, 6.07) is 13.0. The average Bonchev–Trinajstić information content (AvgIpc) is 2.65. The van der Waals surface area contributed by atoms with Crippen LogP contribution in [0.2, 0.25) is 5.02 Å². The first-order valence-corrected chi connectivity index (χ1v) is 8.39. The van der Waals surface area contributed by atoms with Gasteiger partial charge in [0.2, 0.25) is 5.91 Å². The second kappa shape index (κ2) is 9.58. The van der Waals surface area contributed by atoms with Crippen LogP contribution in [0.25, 0.3) is 0 Å². The molecule has 6 nitrogen and oxygen atoms in total. The number of ether oxygens (including phenoxy) is 1. The number of hydrogen-bond acceptors (Lipinski definition) is 4. The molecule has 136 valence electrons. The van der Waals surface area contributed by atoms with E-state index in [0.717, 1.165) is 0 Å². The lowest BCUT2D eigenvalue weighted by molar-refractivity contribution is -0.116. The van der Waals surface area contributed by atoms with Crippen LogP contribution in [0.3, 0.4) is 0 Å². The summed E-state index contributed by atoms with van der Waals surface area (Å²) in [5.41, 5.74) is 1.52. The molecule has 0 bridgehead atoms. The molecular formula is C19H19ClN2O4. The fraction of sp³-hybridized carbons (Fsp3) is 0.211. The first-order chi connectivity index (χ1) is 12.5. The summed E-state index contributed by atoms with van der Waals surface area (Å²) in [5.74, 6) is -0.809. The van der Waals surface area contributed by atoms with Gasteiger partial charge in [-0.15, -0.1) is 0 Å². The molecule has 0 aliphatic rings. The molecule has 2 aromatic rings. The minimum Gasteiger partial charge on any atom is -0.465 e. The van der Waals surface area contributed by atoms with E-state index >= 15 is 0 Å². The molecule has 2 rings (SSSR count). The average molecular weight is 375 g/mol. The third-order valence-corrected chi connectivity index (χ3v) is 3.81. The molecule has 0 spiro atoms. The number of methoxy groups -OCH3 is 1. The largest absolute Gasteiger partial charge is 0.465 e. The van der Waals surface area contributed by atoms with Crippen LogP contribution in [0.5, 0.6) is 0 Å². The van der Waals surface area contributed by atoms with E-state index in [4.69, 9.17) is 11.6 Å². The normalized spacial score (nSPS) is 10.1. The molecule has 0 aliphatic carbocycles. The van der Waals surface area contributed by atoms with E-state index in [0.29, 0.717) is 34.8 Å². The van der Waals surface area contributed by atoms with Gasteiger partial charge in [-0.2, -0.15) is 0 Å². The molecule has 0 aliphatic heterocycles. The molecule has 2 amide bonds. The maximum Gasteiger partial charge on any atom is 0.337 e. The van der Waals surface area contributed by atoms with Crippen LogP contribution >= 0.6 is 11.6 Å². The SMILES string of the molecule is COC(=O)c1ccc(NC(=O)CCCNC(=O)c2ccc(Cl)cc2)cc1. The summed E-state index contributed by atoms with van der Waals surface area (Å²) < 4.78 is 4.61. The van der Waals surface area contributed by atoms with Crippen LogP contribution in [0.1, 0.15) is 33.6 Å². The quantitative estimate of drug-likeness (QED) is 0.575. The van der Waals surface area contributed by atoms with E-state index in [1.807, 2.05) is 0 Å². The molecule has 2 aromatic carbocycles. The van der Waals surface area contributed by atoms with E-state index in [9.17, 15) is 14.4 Å². The first kappa shape index (κ1) is 19.5. The standard InChI is InChI=1S/C19H19ClN2O4/c1-26-19(25)14-6-10-16(11-7-14)22-17(23)3-2-12-21-18(24)13-4-8-15(20)9-5-13/h4-11H,2-3,12H2,1H3,(H,21,24)(H,22,23). The molecular weight excluding hydrogens is 356 g/mol. The summed E-state index contributed by atoms with van der Waals surface area (Å²) >= 11 is 5.78. The molecule has 0 aromatic heterocycles. The predicted octanol–water partition coefficient (Wildman–Crippen LogP) is 3.28. The highest BCUT2D eigenvalue weighted by Crippen LogP contribution is 2.11. The molecule has 2 N–H and O–H groups in total. The molecule has 0 heterocycles. The van der Waals surface area contributed by atoms with Crippen LogP contribution in [0.4, 0.5) is 5.69 Å². The van der Waals surface area contributed by atoms with E-state index in [1.165, 1.54) is 7.11 Å². The van der Waals surface area contributed by atoms with Gasteiger partial charge in [0.15, 0.2) is 0 Å². The highest BCUT2D eigenvalue weighted by atomic mass is 35.5. The second-order valence-electron chi connectivity index (χ2n) is 5.48. The molecule has 0 unspecified atom stereocenters. The van der Waals surface area contributed by atoms with Gasteiger partial charge in [-0.25, -0.2) is 4.79 Å². The number of esters is 1. The lowest BCUT2D eigenvalue weighted by Gasteiger charge is -2.07. The van der Waals surface area contributed by atoms with E-state index < -0.39 is 5.97 Å². The number of nitrogens with one attached hydrogen (secondary N) is 2. The fourth-order valence-electron chi connectivity index (χ4n) is 2.19. The highest BCUT2D eigenvalue weighted by Gasteiger charge is 2.08. The van der Waals surface area contributed by atoms with Crippen LogP contribution in [0.15, 0.2) is 48.5 Å². The number of carbonyl (C=O) groups excluding carboxylic acids is 3. The van der Waals surface area contributed by atoms with Gasteiger partial charge in [-0.3, -0.25) is 9.59 Å². The summed E-state index contributed by atoms with van der Waals surface area (Å²) in [6.07, 6.45) is 0.769. The molecule has 0 saturated carbocycles. The van der Waals surface area contributed by atoms with Crippen molar-refractivity contribution in [2.75, 3.05) is 19.0 Å². The minimum atomic E-state index is -0.431. The van der Waals surface area contributed by atoms with Crippen molar-refractivity contribution < 1.29 is 19.1 Å². The predicted molar refractivity (Wildman–Crippen MR) is 99.4 cm³/mol. The number of benzene rings is 2. The number of hydrogen-bond donors (Lipinski definition) is 2. The van der Waals surface area contributed by atoms with Gasteiger partial charge >= 0.3 is 5.97 Å². The Morgan fingerprint density at radius 2 is 1.58 bits per heavy atom. The Morgan fingerprint density at radius 1 is 0.962 bits per heavy atom. The van der Waals surface area contributed by atoms with Crippen molar-refractivity contribution in [2.45, 2.75) is 12.8 Å². The summed E-state index contributed by atoms with van der Waals surface area (Å²) in [7, 11) is 1.31. The zero-order valence-corrected chi connectivity index (χ0v) is 15.0. The zero-order valence-electron chi connectivity index (χ0n) is 14.3. The Kier molecular flexibility index (Phi) is 7.17. The molecule has 0 fully saturated rings. The molecule has 0 radical (unpaired) electrons. The van der Waals surface area contributed by atoms with Crippen molar-refractivity contribution in [3.05, 3.63) is 64.7 Å². The third kappa shape index (κ3) is 5.89. The van der Waals surface area contributed by atoms with Gasteiger partial charge in [-0.05, 0) is 55.0 Å².